The molecule has 0 aliphatic carbocycles. The van der Waals surface area contributed by atoms with E-state index in [2.05, 4.69) is 25.9 Å². The second kappa shape index (κ2) is 8.93. The van der Waals surface area contributed by atoms with E-state index in [4.69, 9.17) is 9.47 Å². The number of aromatic nitrogens is 2. The SMILES string of the molecule is CNCC[C@H](C)Oc1cc(Nc2nccc(NC)n2)ccc1OC. The molecule has 7 nitrogen and oxygen atoms in total. The fraction of sp³-hybridized carbons (Fsp3) is 0.412. The molecule has 0 saturated heterocycles. The van der Waals surface area contributed by atoms with Crippen LogP contribution >= 0.6 is 0 Å². The van der Waals surface area contributed by atoms with Crippen molar-refractivity contribution in [3.05, 3.63) is 30.5 Å². The Hall–Kier alpha value is -2.54. The predicted octanol–water partition coefficient (Wildman–Crippen LogP) is 2.65. The number of benzene rings is 1. The van der Waals surface area contributed by atoms with E-state index in [0.717, 1.165) is 24.5 Å². The first-order valence-corrected chi connectivity index (χ1v) is 7.93. The maximum atomic E-state index is 6.00. The largest absolute Gasteiger partial charge is 0.493 e. The molecule has 2 aromatic rings. The number of rotatable bonds is 9. The molecule has 0 radical (unpaired) electrons. The number of hydrogen-bond acceptors (Lipinski definition) is 7. The van der Waals surface area contributed by atoms with Crippen molar-refractivity contribution in [1.82, 2.24) is 15.3 Å². The maximum Gasteiger partial charge on any atom is 0.229 e. The molecule has 1 atom stereocenters. The van der Waals surface area contributed by atoms with Crippen molar-refractivity contribution in [2.45, 2.75) is 19.4 Å². The summed E-state index contributed by atoms with van der Waals surface area (Å²) in [6.07, 6.45) is 2.68. The van der Waals surface area contributed by atoms with Crippen LogP contribution in [0.5, 0.6) is 11.5 Å². The van der Waals surface area contributed by atoms with Crippen LogP contribution in [0.25, 0.3) is 0 Å². The summed E-state index contributed by atoms with van der Waals surface area (Å²) in [7, 11) is 5.38. The quantitative estimate of drug-likeness (QED) is 0.652. The van der Waals surface area contributed by atoms with E-state index in [9.17, 15) is 0 Å². The van der Waals surface area contributed by atoms with Gasteiger partial charge in [-0.05, 0) is 45.1 Å². The second-order valence-corrected chi connectivity index (χ2v) is 5.33. The van der Waals surface area contributed by atoms with E-state index in [1.54, 1.807) is 19.4 Å². The van der Waals surface area contributed by atoms with Gasteiger partial charge >= 0.3 is 0 Å². The van der Waals surface area contributed by atoms with Crippen molar-refractivity contribution in [3.8, 4) is 11.5 Å². The average Bonchev–Trinajstić information content (AvgIpc) is 2.60. The van der Waals surface area contributed by atoms with E-state index >= 15 is 0 Å². The Morgan fingerprint density at radius 3 is 2.71 bits per heavy atom. The van der Waals surface area contributed by atoms with Gasteiger partial charge in [-0.15, -0.1) is 0 Å². The molecule has 1 aromatic carbocycles. The number of anilines is 3. The number of hydrogen-bond donors (Lipinski definition) is 3. The number of methoxy groups -OCH3 is 1. The zero-order valence-electron chi connectivity index (χ0n) is 14.6. The Morgan fingerprint density at radius 2 is 2.00 bits per heavy atom. The number of nitrogens with zero attached hydrogens (tertiary/aromatic N) is 2. The molecule has 3 N–H and O–H groups in total. The first-order chi connectivity index (χ1) is 11.7. The number of nitrogens with one attached hydrogen (secondary N) is 3. The van der Waals surface area contributed by atoms with Gasteiger partial charge in [-0.2, -0.15) is 4.98 Å². The molecule has 0 aliphatic rings. The summed E-state index contributed by atoms with van der Waals surface area (Å²) in [4.78, 5) is 8.56. The van der Waals surface area contributed by atoms with Crippen LogP contribution in [0.3, 0.4) is 0 Å². The van der Waals surface area contributed by atoms with Gasteiger partial charge in [0.05, 0.1) is 13.2 Å². The topological polar surface area (TPSA) is 80.3 Å². The van der Waals surface area contributed by atoms with E-state index in [0.29, 0.717) is 17.4 Å². The van der Waals surface area contributed by atoms with Crippen molar-refractivity contribution in [1.29, 1.82) is 0 Å². The molecular formula is C17H25N5O2. The minimum Gasteiger partial charge on any atom is -0.493 e. The van der Waals surface area contributed by atoms with Gasteiger partial charge in [-0.3, -0.25) is 0 Å². The number of ether oxygens (including phenoxy) is 2. The van der Waals surface area contributed by atoms with Gasteiger partial charge in [0.25, 0.3) is 0 Å². The monoisotopic (exact) mass is 331 g/mol. The van der Waals surface area contributed by atoms with Crippen LogP contribution in [0.2, 0.25) is 0 Å². The van der Waals surface area contributed by atoms with Gasteiger partial charge in [-0.25, -0.2) is 4.98 Å². The molecule has 0 aliphatic heterocycles. The van der Waals surface area contributed by atoms with Gasteiger partial charge in [0.2, 0.25) is 5.95 Å². The molecule has 0 spiro atoms. The maximum absolute atomic E-state index is 6.00. The van der Waals surface area contributed by atoms with Gasteiger partial charge in [-0.1, -0.05) is 0 Å². The molecule has 0 amide bonds. The van der Waals surface area contributed by atoms with Crippen LogP contribution in [-0.2, 0) is 0 Å². The van der Waals surface area contributed by atoms with Crippen molar-refractivity contribution in [2.75, 3.05) is 38.4 Å². The fourth-order valence-corrected chi connectivity index (χ4v) is 2.16. The lowest BCUT2D eigenvalue weighted by Gasteiger charge is -2.18. The van der Waals surface area contributed by atoms with E-state index in [1.807, 2.05) is 39.2 Å². The van der Waals surface area contributed by atoms with Crippen molar-refractivity contribution in [3.63, 3.8) is 0 Å². The third-order valence-corrected chi connectivity index (χ3v) is 3.46. The molecule has 1 aromatic heterocycles. The molecule has 7 heteroatoms. The van der Waals surface area contributed by atoms with Crippen molar-refractivity contribution in [2.24, 2.45) is 0 Å². The summed E-state index contributed by atoms with van der Waals surface area (Å²) in [5.74, 6) is 2.65. The Morgan fingerprint density at radius 1 is 1.17 bits per heavy atom. The van der Waals surface area contributed by atoms with Crippen molar-refractivity contribution < 1.29 is 9.47 Å². The van der Waals surface area contributed by atoms with Crippen LogP contribution in [-0.4, -0.2) is 43.8 Å². The first kappa shape index (κ1) is 17.8. The summed E-state index contributed by atoms with van der Waals surface area (Å²) in [6.45, 7) is 2.93. The van der Waals surface area contributed by atoms with Crippen LogP contribution in [0.15, 0.2) is 30.5 Å². The van der Waals surface area contributed by atoms with E-state index in [-0.39, 0.29) is 6.10 Å². The Balaban J connectivity index is 2.14. The second-order valence-electron chi connectivity index (χ2n) is 5.33. The van der Waals surface area contributed by atoms with Crippen molar-refractivity contribution >= 4 is 17.5 Å². The fourth-order valence-electron chi connectivity index (χ4n) is 2.16. The van der Waals surface area contributed by atoms with Crippen LogP contribution in [0.1, 0.15) is 13.3 Å². The molecule has 130 valence electrons. The highest BCUT2D eigenvalue weighted by Crippen LogP contribution is 2.32. The smallest absolute Gasteiger partial charge is 0.229 e. The zero-order valence-corrected chi connectivity index (χ0v) is 14.6. The Kier molecular flexibility index (Phi) is 6.62. The van der Waals surface area contributed by atoms with E-state index < -0.39 is 0 Å². The summed E-state index contributed by atoms with van der Waals surface area (Å²) < 4.78 is 11.4. The molecule has 0 unspecified atom stereocenters. The summed E-state index contributed by atoms with van der Waals surface area (Å²) in [5.41, 5.74) is 0.833. The average molecular weight is 331 g/mol. The van der Waals surface area contributed by atoms with Gasteiger partial charge in [0, 0.05) is 25.0 Å². The minimum absolute atomic E-state index is 0.0745. The summed E-state index contributed by atoms with van der Waals surface area (Å²) in [6, 6.07) is 7.46. The molecule has 0 saturated carbocycles. The highest BCUT2D eigenvalue weighted by atomic mass is 16.5. The predicted molar refractivity (Wildman–Crippen MR) is 96.5 cm³/mol. The summed E-state index contributed by atoms with van der Waals surface area (Å²) >= 11 is 0. The van der Waals surface area contributed by atoms with Crippen LogP contribution < -0.4 is 25.4 Å². The molecule has 0 bridgehead atoms. The Labute approximate surface area is 142 Å². The van der Waals surface area contributed by atoms with Gasteiger partial charge in [0.15, 0.2) is 11.5 Å². The molecular weight excluding hydrogens is 306 g/mol. The first-order valence-electron chi connectivity index (χ1n) is 7.93. The lowest BCUT2D eigenvalue weighted by atomic mass is 10.2. The van der Waals surface area contributed by atoms with Crippen LogP contribution in [0, 0.1) is 0 Å². The Bertz CT molecular complexity index is 651. The lowest BCUT2D eigenvalue weighted by molar-refractivity contribution is 0.202. The molecule has 24 heavy (non-hydrogen) atoms. The molecule has 1 heterocycles. The van der Waals surface area contributed by atoms with Gasteiger partial charge < -0.3 is 25.4 Å². The zero-order chi connectivity index (χ0) is 17.4. The third-order valence-electron chi connectivity index (χ3n) is 3.46. The molecule has 0 fully saturated rings. The normalized spacial score (nSPS) is 11.7. The third kappa shape index (κ3) is 4.99. The van der Waals surface area contributed by atoms with Crippen LogP contribution in [0.4, 0.5) is 17.5 Å². The standard InChI is InChI=1S/C17H25N5O2/c1-12(7-9-18-2)24-15-11-13(5-6-14(15)23-4)21-17-20-10-8-16(19-3)22-17/h5-6,8,10-12,18H,7,9H2,1-4H3,(H2,19,20,21,22)/t12-/m0/s1. The highest BCUT2D eigenvalue weighted by molar-refractivity contribution is 5.60. The minimum atomic E-state index is 0.0745. The summed E-state index contributed by atoms with van der Waals surface area (Å²) in [5, 5.41) is 9.29. The molecule has 2 rings (SSSR count). The van der Waals surface area contributed by atoms with E-state index in [1.165, 1.54) is 0 Å². The van der Waals surface area contributed by atoms with Gasteiger partial charge in [0.1, 0.15) is 5.82 Å². The highest BCUT2D eigenvalue weighted by Gasteiger charge is 2.11. The lowest BCUT2D eigenvalue weighted by Crippen LogP contribution is -2.19.